The Hall–Kier alpha value is -2.48. The molecule has 0 unspecified atom stereocenters. The number of hydrogen-bond acceptors (Lipinski definition) is 6. The maximum absolute atomic E-state index is 13.7. The van der Waals surface area contributed by atoms with E-state index in [4.69, 9.17) is 4.74 Å². The van der Waals surface area contributed by atoms with Crippen LogP contribution in [0, 0.1) is 23.7 Å². The van der Waals surface area contributed by atoms with Gasteiger partial charge in [0.2, 0.25) is 11.8 Å². The highest BCUT2D eigenvalue weighted by Gasteiger charge is 2.67. The number of imide groups is 1. The van der Waals surface area contributed by atoms with Crippen molar-refractivity contribution in [2.24, 2.45) is 23.7 Å². The topological polar surface area (TPSA) is 107 Å². The predicted molar refractivity (Wildman–Crippen MR) is 123 cm³/mol. The Balaban J connectivity index is 1.38. The summed E-state index contributed by atoms with van der Waals surface area (Å²) >= 11 is 0. The van der Waals surface area contributed by atoms with Gasteiger partial charge in [0.1, 0.15) is 5.75 Å². The van der Waals surface area contributed by atoms with Gasteiger partial charge >= 0.3 is 0 Å². The van der Waals surface area contributed by atoms with Crippen molar-refractivity contribution in [2.45, 2.75) is 62.9 Å². The van der Waals surface area contributed by atoms with E-state index in [0.29, 0.717) is 11.8 Å². The quantitative estimate of drug-likeness (QED) is 0.601. The van der Waals surface area contributed by atoms with E-state index >= 15 is 0 Å². The molecule has 2 heterocycles. The summed E-state index contributed by atoms with van der Waals surface area (Å²) in [5.74, 6) is -4.20. The molecule has 180 valence electrons. The molecule has 2 saturated heterocycles. The molecular weight excluding hydrogens is 434 g/mol. The summed E-state index contributed by atoms with van der Waals surface area (Å²) in [4.78, 5) is 28.6. The standard InChI is InChI=1S/C27H31NO6/c29-14-15-12-20-24(26(32)28(25(20)31)16-6-2-1-3-7-16)21-13-23(34-27(15,21)33)19-10-11-22(30)18-9-5-4-8-17(18)19/h4-5,8-11,15-16,20-21,23-24,29-30,33H,1-3,6-7,12-14H2/t15-,20+,21+,23+,24+,27-/m1/s1. The molecule has 2 amide bonds. The van der Waals surface area contributed by atoms with Gasteiger partial charge in [-0.25, -0.2) is 0 Å². The van der Waals surface area contributed by atoms with Crippen LogP contribution < -0.4 is 0 Å². The fraction of sp³-hybridized carbons (Fsp3) is 0.556. The van der Waals surface area contributed by atoms with Crippen LogP contribution in [0.3, 0.4) is 0 Å². The number of carbonyl (C=O) groups excluding carboxylic acids is 2. The highest BCUT2D eigenvalue weighted by molar-refractivity contribution is 6.06. The number of amides is 2. The van der Waals surface area contributed by atoms with Gasteiger partial charge in [0.25, 0.3) is 0 Å². The summed E-state index contributed by atoms with van der Waals surface area (Å²) in [7, 11) is 0. The molecule has 6 atom stereocenters. The van der Waals surface area contributed by atoms with E-state index in [9.17, 15) is 24.9 Å². The van der Waals surface area contributed by atoms with Gasteiger partial charge in [-0.05, 0) is 42.7 Å². The van der Waals surface area contributed by atoms with Crippen molar-refractivity contribution < 1.29 is 29.6 Å². The lowest BCUT2D eigenvalue weighted by molar-refractivity contribution is -0.273. The van der Waals surface area contributed by atoms with Crippen LogP contribution in [0.15, 0.2) is 36.4 Å². The highest BCUT2D eigenvalue weighted by atomic mass is 16.6. The molecule has 7 heteroatoms. The lowest BCUT2D eigenvalue weighted by Crippen LogP contribution is -2.54. The average molecular weight is 466 g/mol. The molecule has 2 aromatic carbocycles. The number of likely N-dealkylation sites (tertiary alicyclic amines) is 1. The summed E-state index contributed by atoms with van der Waals surface area (Å²) in [5, 5.41) is 33.8. The number of benzene rings is 2. The number of phenolic OH excluding ortho intramolecular Hbond substituents is 1. The van der Waals surface area contributed by atoms with Crippen LogP contribution in [0.4, 0.5) is 0 Å². The first kappa shape index (κ1) is 22.0. The van der Waals surface area contributed by atoms with E-state index in [1.165, 1.54) is 4.90 Å². The van der Waals surface area contributed by atoms with Gasteiger partial charge < -0.3 is 20.1 Å². The van der Waals surface area contributed by atoms with Crippen LogP contribution >= 0.6 is 0 Å². The third kappa shape index (κ3) is 3.06. The fourth-order valence-corrected chi connectivity index (χ4v) is 7.20. The Morgan fingerprint density at radius 2 is 1.71 bits per heavy atom. The molecule has 2 saturated carbocycles. The largest absolute Gasteiger partial charge is 0.507 e. The second kappa shape index (κ2) is 8.04. The number of phenols is 1. The minimum atomic E-state index is -1.68. The lowest BCUT2D eigenvalue weighted by Gasteiger charge is -2.44. The van der Waals surface area contributed by atoms with Crippen LogP contribution in [0.25, 0.3) is 10.8 Å². The number of fused-ring (bicyclic) bond motifs is 4. The second-order valence-electron chi connectivity index (χ2n) is 10.5. The molecule has 6 rings (SSSR count). The number of aliphatic hydroxyl groups excluding tert-OH is 1. The van der Waals surface area contributed by atoms with Crippen LogP contribution in [-0.2, 0) is 14.3 Å². The van der Waals surface area contributed by atoms with E-state index < -0.39 is 35.6 Å². The van der Waals surface area contributed by atoms with Gasteiger partial charge in [-0.3, -0.25) is 14.5 Å². The van der Waals surface area contributed by atoms with Crippen molar-refractivity contribution in [2.75, 3.05) is 6.61 Å². The fourth-order valence-electron chi connectivity index (χ4n) is 7.20. The van der Waals surface area contributed by atoms with Crippen molar-refractivity contribution in [3.05, 3.63) is 42.0 Å². The third-order valence-electron chi connectivity index (χ3n) is 8.84. The van der Waals surface area contributed by atoms with Crippen LogP contribution in [-0.4, -0.2) is 50.5 Å². The first-order valence-electron chi connectivity index (χ1n) is 12.5. The molecule has 4 fully saturated rings. The van der Waals surface area contributed by atoms with Gasteiger partial charge in [0.15, 0.2) is 5.79 Å². The first-order valence-corrected chi connectivity index (χ1v) is 12.5. The zero-order valence-corrected chi connectivity index (χ0v) is 19.1. The molecule has 2 aliphatic carbocycles. The molecule has 34 heavy (non-hydrogen) atoms. The molecule has 0 radical (unpaired) electrons. The van der Waals surface area contributed by atoms with Crippen molar-refractivity contribution in [1.82, 2.24) is 4.90 Å². The number of ether oxygens (including phenoxy) is 1. The monoisotopic (exact) mass is 465 g/mol. The number of nitrogens with zero attached hydrogens (tertiary/aromatic N) is 1. The average Bonchev–Trinajstić information content (AvgIpc) is 3.33. The summed E-state index contributed by atoms with van der Waals surface area (Å²) in [6.07, 6.45) is 4.95. The number of aromatic hydroxyl groups is 1. The van der Waals surface area contributed by atoms with Crippen LogP contribution in [0.5, 0.6) is 5.75 Å². The Morgan fingerprint density at radius 1 is 0.971 bits per heavy atom. The third-order valence-corrected chi connectivity index (χ3v) is 8.84. The van der Waals surface area contributed by atoms with Gasteiger partial charge in [-0.15, -0.1) is 0 Å². The predicted octanol–water partition coefficient (Wildman–Crippen LogP) is 3.26. The van der Waals surface area contributed by atoms with Crippen molar-refractivity contribution in [3.63, 3.8) is 0 Å². The molecular formula is C27H31NO6. The Kier molecular flexibility index (Phi) is 5.20. The normalized spacial score (nSPS) is 36.2. The van der Waals surface area contributed by atoms with E-state index in [1.807, 2.05) is 24.3 Å². The zero-order chi connectivity index (χ0) is 23.6. The Bertz CT molecular complexity index is 1140. The highest BCUT2D eigenvalue weighted by Crippen LogP contribution is 2.59. The van der Waals surface area contributed by atoms with Gasteiger partial charge in [-0.2, -0.15) is 0 Å². The number of rotatable bonds is 3. The smallest absolute Gasteiger partial charge is 0.233 e. The van der Waals surface area contributed by atoms with E-state index in [-0.39, 0.29) is 36.6 Å². The minimum Gasteiger partial charge on any atom is -0.507 e. The summed E-state index contributed by atoms with van der Waals surface area (Å²) in [6, 6.07) is 10.8. The molecule has 2 aromatic rings. The number of aliphatic hydroxyl groups is 2. The summed E-state index contributed by atoms with van der Waals surface area (Å²) in [5.41, 5.74) is 0.824. The molecule has 0 spiro atoms. The van der Waals surface area contributed by atoms with Gasteiger partial charge in [0.05, 0.1) is 24.5 Å². The summed E-state index contributed by atoms with van der Waals surface area (Å²) in [6.45, 7) is -0.315. The van der Waals surface area contributed by atoms with Gasteiger partial charge in [-0.1, -0.05) is 49.6 Å². The van der Waals surface area contributed by atoms with Crippen molar-refractivity contribution in [1.29, 1.82) is 0 Å². The maximum atomic E-state index is 13.7. The zero-order valence-electron chi connectivity index (χ0n) is 19.1. The van der Waals surface area contributed by atoms with Crippen LogP contribution in [0.1, 0.15) is 56.6 Å². The SMILES string of the molecule is O=C1[C@H]2[C@H](C[C@H](CO)[C@@]3(O)O[C@H](c4ccc(O)c5ccccc45)C[C@@H]23)C(=O)N1C1CCCCC1. The van der Waals surface area contributed by atoms with E-state index in [0.717, 1.165) is 43.1 Å². The molecule has 3 N–H and O–H groups in total. The first-order chi connectivity index (χ1) is 16.4. The number of hydrogen-bond donors (Lipinski definition) is 3. The molecule has 4 aliphatic rings. The van der Waals surface area contributed by atoms with Crippen molar-refractivity contribution >= 4 is 22.6 Å². The lowest BCUT2D eigenvalue weighted by atomic mass is 9.64. The second-order valence-corrected chi connectivity index (χ2v) is 10.5. The summed E-state index contributed by atoms with van der Waals surface area (Å²) < 4.78 is 6.29. The minimum absolute atomic E-state index is 0.0563. The van der Waals surface area contributed by atoms with Crippen LogP contribution in [0.2, 0.25) is 0 Å². The van der Waals surface area contributed by atoms with Gasteiger partial charge in [0, 0.05) is 23.3 Å². The Labute approximate surface area is 198 Å². The number of carbonyl (C=O) groups is 2. The molecule has 7 nitrogen and oxygen atoms in total. The molecule has 0 bridgehead atoms. The molecule has 2 aliphatic heterocycles. The van der Waals surface area contributed by atoms with E-state index in [2.05, 4.69) is 0 Å². The van der Waals surface area contributed by atoms with Crippen molar-refractivity contribution in [3.8, 4) is 5.75 Å². The Morgan fingerprint density at radius 3 is 2.44 bits per heavy atom. The molecule has 0 aromatic heterocycles. The maximum Gasteiger partial charge on any atom is 0.233 e. The van der Waals surface area contributed by atoms with E-state index in [1.54, 1.807) is 12.1 Å².